The van der Waals surface area contributed by atoms with Gasteiger partial charge in [-0.15, -0.1) is 0 Å². The van der Waals surface area contributed by atoms with Crippen LogP contribution in [-0.2, 0) is 0 Å². The zero-order valence-corrected chi connectivity index (χ0v) is 28.9. The Kier molecular flexibility index (Phi) is 4.30. The second-order valence-electron chi connectivity index (χ2n) is 13.3. The molecule has 0 atom stereocenters. The lowest BCUT2D eigenvalue weighted by Gasteiger charge is -2.13. The van der Waals surface area contributed by atoms with Crippen LogP contribution in [0.3, 0.4) is 0 Å². The fourth-order valence-electron chi connectivity index (χ4n) is 7.75. The molecule has 0 unspecified atom stereocenters. The lowest BCUT2D eigenvalue weighted by molar-refractivity contribution is 0.669. The molecule has 56 heavy (non-hydrogen) atoms. The molecule has 0 saturated heterocycles. The number of nitrogens with zero attached hydrogens (tertiary/aromatic N) is 4. The molecule has 0 aliphatic carbocycles. The first kappa shape index (κ1) is 20.2. The summed E-state index contributed by atoms with van der Waals surface area (Å²) in [6.45, 7) is 0. The molecule has 0 bridgehead atoms. The van der Waals surface area contributed by atoms with E-state index in [9.17, 15) is 8.22 Å². The summed E-state index contributed by atoms with van der Waals surface area (Å²) in [4.78, 5) is 14.5. The van der Waals surface area contributed by atoms with E-state index in [4.69, 9.17) is 30.3 Å². The van der Waals surface area contributed by atoms with E-state index >= 15 is 0 Å². The highest BCUT2D eigenvalue weighted by atomic mass is 16.3. The van der Waals surface area contributed by atoms with Crippen molar-refractivity contribution in [1.29, 1.82) is 0 Å². The van der Waals surface area contributed by atoms with Crippen LogP contribution < -0.4 is 0 Å². The van der Waals surface area contributed by atoms with Crippen LogP contribution >= 0.6 is 0 Å². The molecule has 0 spiro atoms. The molecule has 3 heterocycles. The number of furan rings is 1. The Labute approximate surface area is 340 Å². The van der Waals surface area contributed by atoms with E-state index in [1.165, 1.54) is 0 Å². The number of benzene rings is 9. The molecular formula is C51H30N4O. The molecule has 5 nitrogen and oxygen atoms in total. The number of aromatic nitrogens is 4. The number of rotatable bonds is 5. The summed E-state index contributed by atoms with van der Waals surface area (Å²) in [6, 6.07) is 21.1. The van der Waals surface area contributed by atoms with Crippen LogP contribution in [0.15, 0.2) is 186 Å². The van der Waals surface area contributed by atoms with Crippen molar-refractivity contribution >= 4 is 65.3 Å². The van der Waals surface area contributed by atoms with E-state index in [0.29, 0.717) is 50.5 Å². The largest absolute Gasteiger partial charge is 0.456 e. The predicted octanol–water partition coefficient (Wildman–Crippen LogP) is 13.3. The van der Waals surface area contributed by atoms with Crippen molar-refractivity contribution in [2.45, 2.75) is 0 Å². The van der Waals surface area contributed by atoms with E-state index in [2.05, 4.69) is 0 Å². The minimum atomic E-state index is -0.719. The fourth-order valence-corrected chi connectivity index (χ4v) is 7.75. The average molecular weight is 729 g/mol. The Morgan fingerprint density at radius 1 is 0.411 bits per heavy atom. The maximum absolute atomic E-state index is 9.80. The average Bonchev–Trinajstić information content (AvgIpc) is 3.93. The lowest BCUT2D eigenvalue weighted by Crippen LogP contribution is -2.00. The van der Waals surface area contributed by atoms with Crippen molar-refractivity contribution in [1.82, 2.24) is 19.5 Å². The summed E-state index contributed by atoms with van der Waals surface area (Å²) in [5.74, 6) is 1.36. The van der Waals surface area contributed by atoms with Gasteiger partial charge in [0.2, 0.25) is 0 Å². The third kappa shape index (κ3) is 4.58. The van der Waals surface area contributed by atoms with Crippen molar-refractivity contribution in [3.8, 4) is 51.0 Å². The molecule has 260 valence electrons. The van der Waals surface area contributed by atoms with Gasteiger partial charge >= 0.3 is 0 Å². The first-order chi connectivity index (χ1) is 33.6. The summed E-state index contributed by atoms with van der Waals surface area (Å²) in [5, 5.41) is 0.910. The monoisotopic (exact) mass is 728 g/mol. The third-order valence-corrected chi connectivity index (χ3v) is 10.2. The van der Waals surface area contributed by atoms with Gasteiger partial charge in [-0.05, 0) is 75.7 Å². The second-order valence-corrected chi connectivity index (χ2v) is 13.3. The van der Waals surface area contributed by atoms with Crippen LogP contribution in [-0.4, -0.2) is 19.5 Å². The Hall–Kier alpha value is -7.63. The van der Waals surface area contributed by atoms with E-state index in [1.807, 2.05) is 78.9 Å². The normalized spacial score (nSPS) is 15.4. The molecule has 0 radical (unpaired) electrons. The second kappa shape index (κ2) is 11.9. The minimum Gasteiger partial charge on any atom is -0.456 e. The number of hydrogen-bond acceptors (Lipinski definition) is 4. The lowest BCUT2D eigenvalue weighted by atomic mass is 9.89. The van der Waals surface area contributed by atoms with Crippen molar-refractivity contribution in [2.75, 3.05) is 0 Å². The standard InChI is InChI=1S/C51H30N4O/c1-4-13-31(14-5-1)49-52-50(32-15-6-2-7-16-32)54-51(53-49)34-23-25-38-41-29-33(24-28-44(41)56-45(38)30-34)36-26-27-43-48-46(36)39-20-11-10-19-37(39)40-21-12-22-42(47(40)48)55(43)35-17-8-3-9-18-35/h1-30H/i3D,8D,9D,10D,11D,12D,17D,18D,19D,20D,21D,22D,26D,27D. The quantitative estimate of drug-likeness (QED) is 0.166. The Morgan fingerprint density at radius 3 is 1.79 bits per heavy atom. The van der Waals surface area contributed by atoms with E-state index in [-0.39, 0.29) is 48.9 Å². The van der Waals surface area contributed by atoms with E-state index in [0.717, 1.165) is 15.7 Å². The topological polar surface area (TPSA) is 56.7 Å². The van der Waals surface area contributed by atoms with Crippen LogP contribution in [0.2, 0.25) is 0 Å². The molecule has 0 saturated carbocycles. The Bertz CT molecular complexity index is 4200. The molecule has 0 amide bonds. The van der Waals surface area contributed by atoms with Gasteiger partial charge in [-0.25, -0.2) is 15.0 Å². The summed E-state index contributed by atoms with van der Waals surface area (Å²) < 4.78 is 134. The first-order valence-electron chi connectivity index (χ1n) is 24.7. The highest BCUT2D eigenvalue weighted by Crippen LogP contribution is 2.47. The van der Waals surface area contributed by atoms with Crippen molar-refractivity contribution < 1.29 is 23.6 Å². The van der Waals surface area contributed by atoms with Gasteiger partial charge in [0.25, 0.3) is 0 Å². The van der Waals surface area contributed by atoms with Gasteiger partial charge < -0.3 is 8.98 Å². The molecule has 0 fully saturated rings. The molecule has 9 aromatic carbocycles. The van der Waals surface area contributed by atoms with Crippen LogP contribution in [0.25, 0.3) is 116 Å². The molecule has 0 N–H and O–H groups in total. The number of hydrogen-bond donors (Lipinski definition) is 0. The number of para-hydroxylation sites is 1. The van der Waals surface area contributed by atoms with E-state index in [1.54, 1.807) is 18.2 Å². The zero-order valence-electron chi connectivity index (χ0n) is 42.9. The van der Waals surface area contributed by atoms with Crippen molar-refractivity contribution in [3.63, 3.8) is 0 Å². The zero-order chi connectivity index (χ0) is 48.9. The predicted molar refractivity (Wildman–Crippen MR) is 229 cm³/mol. The highest BCUT2D eigenvalue weighted by Gasteiger charge is 2.22. The maximum Gasteiger partial charge on any atom is 0.164 e. The Morgan fingerprint density at radius 2 is 1.04 bits per heavy atom. The van der Waals surface area contributed by atoms with Crippen LogP contribution in [0.4, 0.5) is 0 Å². The van der Waals surface area contributed by atoms with Gasteiger partial charge in [-0.3, -0.25) is 0 Å². The van der Waals surface area contributed by atoms with Gasteiger partial charge in [0.1, 0.15) is 11.2 Å². The first-order valence-corrected chi connectivity index (χ1v) is 17.7. The third-order valence-electron chi connectivity index (χ3n) is 10.2. The van der Waals surface area contributed by atoms with Gasteiger partial charge in [0, 0.05) is 49.3 Å². The maximum atomic E-state index is 9.80. The van der Waals surface area contributed by atoms with Crippen LogP contribution in [0, 0.1) is 0 Å². The van der Waals surface area contributed by atoms with Gasteiger partial charge in [-0.1, -0.05) is 133 Å². The van der Waals surface area contributed by atoms with Crippen LogP contribution in [0.5, 0.6) is 0 Å². The molecule has 12 aromatic rings. The molecule has 5 heteroatoms. The fraction of sp³-hybridized carbons (Fsp3) is 0. The Balaban J connectivity index is 1.16. The molecule has 0 aliphatic heterocycles. The van der Waals surface area contributed by atoms with Crippen molar-refractivity contribution in [2.24, 2.45) is 0 Å². The molecular weight excluding hydrogens is 685 g/mol. The minimum absolute atomic E-state index is 0.00151. The van der Waals surface area contributed by atoms with Gasteiger partial charge in [-0.2, -0.15) is 0 Å². The summed E-state index contributed by atoms with van der Waals surface area (Å²) in [6.07, 6.45) is 0. The SMILES string of the molecule is [2H]c1c([2H])c([2H])c(-n2c3c([2H])c([2H])c([2H])c4c5c([2H])c([2H])c([2H])c([2H])c5c5c(-c6ccc7oc8cc(-c9nc(-c%10ccccc%10)nc(-c%10ccccc%10)n9)ccc8c7c6)c([2H])c([2H])c2c5c43)c([2H])c1[2H]. The van der Waals surface area contributed by atoms with Crippen molar-refractivity contribution in [3.05, 3.63) is 182 Å². The molecule has 3 aromatic heterocycles. The summed E-state index contributed by atoms with van der Waals surface area (Å²) in [5.41, 5.74) is 2.66. The summed E-state index contributed by atoms with van der Waals surface area (Å²) >= 11 is 0. The highest BCUT2D eigenvalue weighted by molar-refractivity contribution is 6.36. The summed E-state index contributed by atoms with van der Waals surface area (Å²) in [7, 11) is 0. The van der Waals surface area contributed by atoms with E-state index < -0.39 is 90.3 Å². The van der Waals surface area contributed by atoms with Gasteiger partial charge in [0.05, 0.1) is 30.2 Å². The molecule has 0 aliphatic rings. The smallest absolute Gasteiger partial charge is 0.164 e. The number of fused-ring (bicyclic) bond motifs is 6. The molecule has 12 rings (SSSR count). The van der Waals surface area contributed by atoms with Gasteiger partial charge in [0.15, 0.2) is 17.5 Å². The van der Waals surface area contributed by atoms with Crippen LogP contribution in [0.1, 0.15) is 19.2 Å².